The number of amides is 2. The number of benzene rings is 2. The maximum atomic E-state index is 12.7. The van der Waals surface area contributed by atoms with Crippen LogP contribution in [-0.2, 0) is 26.1 Å². The summed E-state index contributed by atoms with van der Waals surface area (Å²) in [5.41, 5.74) is 1.71. The first-order chi connectivity index (χ1) is 12.8. The third kappa shape index (κ3) is 3.43. The van der Waals surface area contributed by atoms with Gasteiger partial charge in [0.1, 0.15) is 16.4 Å². The molecule has 2 aromatic rings. The van der Waals surface area contributed by atoms with Crippen molar-refractivity contribution in [3.05, 3.63) is 40.9 Å². The Labute approximate surface area is 159 Å². The lowest BCUT2D eigenvalue weighted by atomic mass is 10.0. The molecule has 0 radical (unpaired) electrons. The van der Waals surface area contributed by atoms with Gasteiger partial charge in [0, 0.05) is 18.2 Å². The Morgan fingerprint density at radius 1 is 1.00 bits per heavy atom. The Balaban J connectivity index is 1.65. The van der Waals surface area contributed by atoms with E-state index in [4.69, 9.17) is 20.5 Å². The van der Waals surface area contributed by atoms with Crippen LogP contribution in [0.2, 0.25) is 5.02 Å². The first-order valence-electron chi connectivity index (χ1n) is 7.95. The topological polar surface area (TPSA) is 111 Å². The molecule has 27 heavy (non-hydrogen) atoms. The maximum Gasteiger partial charge on any atom is 0.340 e. The fourth-order valence-corrected chi connectivity index (χ4v) is 4.30. The number of halogens is 1. The van der Waals surface area contributed by atoms with Gasteiger partial charge in [-0.3, -0.25) is 9.59 Å². The second-order valence-corrected chi connectivity index (χ2v) is 7.94. The Hall–Kier alpha value is -2.78. The van der Waals surface area contributed by atoms with E-state index in [0.29, 0.717) is 24.2 Å². The molecule has 2 heterocycles. The molecule has 2 aliphatic rings. The van der Waals surface area contributed by atoms with Crippen LogP contribution in [0, 0.1) is 0 Å². The van der Waals surface area contributed by atoms with Crippen LogP contribution in [0.1, 0.15) is 12.0 Å². The van der Waals surface area contributed by atoms with Gasteiger partial charge in [0.15, 0.2) is 6.61 Å². The lowest BCUT2D eigenvalue weighted by Crippen LogP contribution is -2.25. The number of rotatable bonds is 3. The average molecular weight is 409 g/mol. The summed E-state index contributed by atoms with van der Waals surface area (Å²) < 4.78 is 35.8. The highest BCUT2D eigenvalue weighted by atomic mass is 35.5. The van der Waals surface area contributed by atoms with Crippen LogP contribution in [-0.4, -0.2) is 26.8 Å². The number of hydrogen-bond donors (Lipinski definition) is 2. The predicted molar refractivity (Wildman–Crippen MR) is 96.8 cm³/mol. The standard InChI is InChI=1S/C17H13ClN2O6S/c18-11-6-13-14(25-8-17(22)20-13)7-15(11)27(23,24)26-10-2-3-12-9(5-10)1-4-16(21)19-12/h2-3,5-7H,1,4,8H2,(H,19,21)(H,20,22). The Morgan fingerprint density at radius 3 is 2.59 bits per heavy atom. The normalized spacial score (nSPS) is 15.7. The minimum atomic E-state index is -4.24. The van der Waals surface area contributed by atoms with E-state index in [1.165, 1.54) is 18.2 Å². The summed E-state index contributed by atoms with van der Waals surface area (Å²) in [5.74, 6) is -0.148. The molecule has 140 valence electrons. The molecule has 0 spiro atoms. The van der Waals surface area contributed by atoms with Crippen molar-refractivity contribution in [2.24, 2.45) is 0 Å². The molecule has 0 bridgehead atoms. The fraction of sp³-hybridized carbons (Fsp3) is 0.176. The first kappa shape index (κ1) is 17.6. The minimum Gasteiger partial charge on any atom is -0.482 e. The summed E-state index contributed by atoms with van der Waals surface area (Å²) in [7, 11) is -4.24. The Kier molecular flexibility index (Phi) is 4.20. The van der Waals surface area contributed by atoms with Crippen molar-refractivity contribution in [3.63, 3.8) is 0 Å². The Bertz CT molecular complexity index is 1080. The summed E-state index contributed by atoms with van der Waals surface area (Å²) in [4.78, 5) is 22.5. The molecule has 10 heteroatoms. The van der Waals surface area contributed by atoms with Gasteiger partial charge in [-0.25, -0.2) is 0 Å². The van der Waals surface area contributed by atoms with Crippen molar-refractivity contribution >= 4 is 44.9 Å². The van der Waals surface area contributed by atoms with Crippen LogP contribution >= 0.6 is 11.6 Å². The highest BCUT2D eigenvalue weighted by Gasteiger charge is 2.26. The van der Waals surface area contributed by atoms with E-state index >= 15 is 0 Å². The molecule has 0 fully saturated rings. The van der Waals surface area contributed by atoms with Crippen molar-refractivity contribution in [2.45, 2.75) is 17.7 Å². The molecule has 2 N–H and O–H groups in total. The van der Waals surface area contributed by atoms with Crippen LogP contribution in [0.4, 0.5) is 11.4 Å². The quantitative estimate of drug-likeness (QED) is 0.754. The van der Waals surface area contributed by atoms with Gasteiger partial charge in [-0.15, -0.1) is 0 Å². The van der Waals surface area contributed by atoms with Gasteiger partial charge in [-0.05, 0) is 36.2 Å². The molecule has 4 rings (SSSR count). The molecular formula is C17H13ClN2O6S. The van der Waals surface area contributed by atoms with Crippen LogP contribution in [0.5, 0.6) is 11.5 Å². The highest BCUT2D eigenvalue weighted by Crippen LogP contribution is 2.37. The zero-order valence-electron chi connectivity index (χ0n) is 13.7. The molecule has 2 aromatic carbocycles. The highest BCUT2D eigenvalue weighted by molar-refractivity contribution is 7.87. The summed E-state index contributed by atoms with van der Waals surface area (Å²) >= 11 is 6.08. The molecule has 0 atom stereocenters. The number of carbonyl (C=O) groups excluding carboxylic acids is 2. The van der Waals surface area contributed by atoms with Crippen molar-refractivity contribution in [3.8, 4) is 11.5 Å². The number of nitrogens with one attached hydrogen (secondary N) is 2. The van der Waals surface area contributed by atoms with Gasteiger partial charge < -0.3 is 19.6 Å². The zero-order valence-corrected chi connectivity index (χ0v) is 15.3. The van der Waals surface area contributed by atoms with Crippen molar-refractivity contribution in [1.82, 2.24) is 0 Å². The lowest BCUT2D eigenvalue weighted by molar-refractivity contribution is -0.118. The maximum absolute atomic E-state index is 12.7. The second kappa shape index (κ2) is 6.43. The monoisotopic (exact) mass is 408 g/mol. The fourth-order valence-electron chi connectivity index (χ4n) is 2.86. The summed E-state index contributed by atoms with van der Waals surface area (Å²) in [6.07, 6.45) is 0.814. The molecule has 0 aromatic heterocycles. The van der Waals surface area contributed by atoms with E-state index in [2.05, 4.69) is 10.6 Å². The smallest absolute Gasteiger partial charge is 0.340 e. The van der Waals surface area contributed by atoms with Crippen LogP contribution < -0.4 is 19.6 Å². The molecule has 2 aliphatic heterocycles. The molecule has 0 unspecified atom stereocenters. The Morgan fingerprint density at radius 2 is 1.78 bits per heavy atom. The molecule has 0 aliphatic carbocycles. The third-order valence-corrected chi connectivity index (χ3v) is 5.83. The molecular weight excluding hydrogens is 396 g/mol. The molecule has 2 amide bonds. The number of anilines is 2. The van der Waals surface area contributed by atoms with Crippen molar-refractivity contribution < 1.29 is 26.9 Å². The predicted octanol–water partition coefficient (Wildman–Crippen LogP) is 2.32. The van der Waals surface area contributed by atoms with Gasteiger partial charge in [0.2, 0.25) is 5.91 Å². The van der Waals surface area contributed by atoms with E-state index in [1.54, 1.807) is 12.1 Å². The number of carbonyl (C=O) groups is 2. The van der Waals surface area contributed by atoms with Crippen molar-refractivity contribution in [1.29, 1.82) is 0 Å². The van der Waals surface area contributed by atoms with Gasteiger partial charge in [-0.2, -0.15) is 8.42 Å². The van der Waals surface area contributed by atoms with Crippen LogP contribution in [0.3, 0.4) is 0 Å². The number of aryl methyl sites for hydroxylation is 1. The largest absolute Gasteiger partial charge is 0.482 e. The van der Waals surface area contributed by atoms with Gasteiger partial charge >= 0.3 is 10.1 Å². The van der Waals surface area contributed by atoms with Gasteiger partial charge in [0.05, 0.1) is 10.7 Å². The summed E-state index contributed by atoms with van der Waals surface area (Å²) in [6, 6.07) is 7.11. The number of ether oxygens (including phenoxy) is 1. The average Bonchev–Trinajstić information content (AvgIpc) is 2.60. The van der Waals surface area contributed by atoms with E-state index < -0.39 is 10.1 Å². The first-order valence-corrected chi connectivity index (χ1v) is 9.74. The lowest BCUT2D eigenvalue weighted by Gasteiger charge is -2.20. The van der Waals surface area contributed by atoms with E-state index in [1.807, 2.05) is 0 Å². The van der Waals surface area contributed by atoms with Crippen molar-refractivity contribution in [2.75, 3.05) is 17.2 Å². The van der Waals surface area contributed by atoms with Crippen LogP contribution in [0.25, 0.3) is 0 Å². The minimum absolute atomic E-state index is 0.0864. The van der Waals surface area contributed by atoms with Gasteiger partial charge in [-0.1, -0.05) is 11.6 Å². The van der Waals surface area contributed by atoms with E-state index in [0.717, 1.165) is 5.56 Å². The molecule has 0 saturated heterocycles. The summed E-state index contributed by atoms with van der Waals surface area (Å²) in [5, 5.41) is 5.15. The van der Waals surface area contributed by atoms with E-state index in [-0.39, 0.29) is 39.8 Å². The zero-order chi connectivity index (χ0) is 19.2. The SMILES string of the molecule is O=C1CCc2cc(OS(=O)(=O)c3cc4c(cc3Cl)NC(=O)CO4)ccc2N1. The number of fused-ring (bicyclic) bond motifs is 2. The summed E-state index contributed by atoms with van der Waals surface area (Å²) in [6.45, 7) is -0.217. The van der Waals surface area contributed by atoms with E-state index in [9.17, 15) is 18.0 Å². The van der Waals surface area contributed by atoms with Gasteiger partial charge in [0.25, 0.3) is 5.91 Å². The molecule has 8 nitrogen and oxygen atoms in total. The third-order valence-electron chi connectivity index (χ3n) is 4.11. The molecule has 0 saturated carbocycles. The second-order valence-electron chi connectivity index (χ2n) is 6.02. The number of hydrogen-bond acceptors (Lipinski definition) is 6. The van der Waals surface area contributed by atoms with Crippen LogP contribution in [0.15, 0.2) is 35.2 Å².